The van der Waals surface area contributed by atoms with Gasteiger partial charge < -0.3 is 0 Å². The molecule has 4 saturated heterocycles. The van der Waals surface area contributed by atoms with E-state index in [1.807, 2.05) is 21.2 Å². The lowest BCUT2D eigenvalue weighted by Crippen LogP contribution is -2.40. The summed E-state index contributed by atoms with van der Waals surface area (Å²) in [5, 5.41) is 7.34. The molecule has 0 N–H and O–H groups in total. The highest BCUT2D eigenvalue weighted by Gasteiger charge is 2.44. The van der Waals surface area contributed by atoms with Crippen LogP contribution in [0.4, 0.5) is 0 Å². The van der Waals surface area contributed by atoms with E-state index in [4.69, 9.17) is 0 Å². The van der Waals surface area contributed by atoms with Gasteiger partial charge in [0.1, 0.15) is 0 Å². The van der Waals surface area contributed by atoms with Gasteiger partial charge >= 0.3 is 0 Å². The van der Waals surface area contributed by atoms with Gasteiger partial charge in [-0.1, -0.05) is 155 Å². The summed E-state index contributed by atoms with van der Waals surface area (Å²) in [4.78, 5) is 0. The van der Waals surface area contributed by atoms with E-state index in [2.05, 4.69) is 104 Å². The molecule has 4 unspecified atom stereocenters. The minimum Gasteiger partial charge on any atom is -0.0688 e. The van der Waals surface area contributed by atoms with E-state index < -0.39 is 0 Å². The first kappa shape index (κ1) is 36.0. The van der Waals surface area contributed by atoms with Gasteiger partial charge in [-0.3, -0.25) is 0 Å². The Balaban J connectivity index is 1.26. The molecule has 0 nitrogen and oxygen atoms in total. The van der Waals surface area contributed by atoms with Crippen molar-refractivity contribution in [3.8, 4) is 0 Å². The molecule has 254 valence electrons. The first-order chi connectivity index (χ1) is 22.2. The van der Waals surface area contributed by atoms with Gasteiger partial charge in [-0.2, -0.15) is 0 Å². The maximum absolute atomic E-state index is 2.73. The second-order valence-electron chi connectivity index (χ2n) is 16.3. The fourth-order valence-electron chi connectivity index (χ4n) is 10.8. The summed E-state index contributed by atoms with van der Waals surface area (Å²) in [6, 6.07) is 20.0. The van der Waals surface area contributed by atoms with Crippen molar-refractivity contribution in [2.45, 2.75) is 178 Å². The molecule has 12 atom stereocenters. The summed E-state index contributed by atoms with van der Waals surface area (Å²) in [7, 11) is -0.381. The monoisotopic (exact) mass is 694 g/mol. The Labute approximate surface area is 289 Å². The smallest absolute Gasteiger partial charge is 0.0158 e. The van der Waals surface area contributed by atoms with Gasteiger partial charge in [0.25, 0.3) is 0 Å². The van der Waals surface area contributed by atoms with Crippen LogP contribution in [0.2, 0.25) is 0 Å². The third kappa shape index (κ3) is 7.44. The van der Waals surface area contributed by atoms with Gasteiger partial charge in [0.05, 0.1) is 0 Å². The maximum atomic E-state index is 2.73. The molecule has 4 fully saturated rings. The van der Waals surface area contributed by atoms with Gasteiger partial charge in [0.2, 0.25) is 0 Å². The predicted octanol–water partition coefficient (Wildman–Crippen LogP) is 11.9. The van der Waals surface area contributed by atoms with Crippen LogP contribution in [0.15, 0.2) is 48.5 Å². The van der Waals surface area contributed by atoms with Crippen molar-refractivity contribution in [1.29, 1.82) is 0 Å². The molecule has 0 amide bonds. The van der Waals surface area contributed by atoms with Crippen LogP contribution in [0, 0.1) is 11.8 Å². The fourth-order valence-corrected chi connectivity index (χ4v) is 25.8. The Morgan fingerprint density at radius 3 is 1.26 bits per heavy atom. The third-order valence-electron chi connectivity index (χ3n) is 13.1. The van der Waals surface area contributed by atoms with Crippen molar-refractivity contribution >= 4 is 52.9 Å². The maximum Gasteiger partial charge on any atom is -0.0158 e. The molecule has 6 rings (SSSR count). The van der Waals surface area contributed by atoms with Crippen molar-refractivity contribution in [3.05, 3.63) is 48.5 Å². The van der Waals surface area contributed by atoms with Crippen LogP contribution < -0.4 is 21.2 Å². The van der Waals surface area contributed by atoms with Gasteiger partial charge in [-0.15, -0.1) is 0 Å². The second-order valence-corrected chi connectivity index (χ2v) is 28.5. The van der Waals surface area contributed by atoms with Crippen molar-refractivity contribution < 1.29 is 0 Å². The second kappa shape index (κ2) is 16.0. The van der Waals surface area contributed by atoms with Crippen LogP contribution in [0.25, 0.3) is 0 Å². The summed E-state index contributed by atoms with van der Waals surface area (Å²) in [5.74, 6) is 1.83. The van der Waals surface area contributed by atoms with E-state index in [0.29, 0.717) is 0 Å². The normalized spacial score (nSPS) is 40.3. The standard InChI is InChI=1S/C42H66P4/c1-29-16-9-10-17-30(2)43(29)39-20-11-12-21-40(39)45-33(5)24-26-37(28-35(45)7)38-27-25-34(6)46(36(38)8)42-23-14-13-22-41(42)44-31(3)18-15-19-32(44)4/h11-14,20-23,29-38H,9-10,15-19,24-28H2,1-8H3/t29-,30-,31-,32-,33-,34-,35-,36-,37?,38?,45?,46?/m0/s1. The summed E-state index contributed by atoms with van der Waals surface area (Å²) < 4.78 is 0. The fraction of sp³-hybridized carbons (Fsp3) is 0.714. The van der Waals surface area contributed by atoms with Gasteiger partial charge in [-0.05, 0) is 136 Å². The van der Waals surface area contributed by atoms with E-state index in [9.17, 15) is 0 Å². The molecule has 0 aliphatic carbocycles. The molecule has 4 heteroatoms. The van der Waals surface area contributed by atoms with E-state index >= 15 is 0 Å². The quantitative estimate of drug-likeness (QED) is 0.273. The molecule has 46 heavy (non-hydrogen) atoms. The lowest BCUT2D eigenvalue weighted by molar-refractivity contribution is 0.260. The summed E-state index contributed by atoms with van der Waals surface area (Å²) in [5.41, 5.74) is 6.93. The first-order valence-corrected chi connectivity index (χ1v) is 25.4. The Morgan fingerprint density at radius 1 is 0.391 bits per heavy atom. The third-order valence-corrected chi connectivity index (χ3v) is 26.9. The molecule has 2 aromatic rings. The SMILES string of the molecule is C[C@H]1CCCC[C@H](C)P1c1ccccc1P1[C@@H](C)CCC(C2CC[C@H](C)P(c3ccccc3P3[C@@H](C)CCC[C@@H]3C)[C@H]2C)C[C@@H]1C. The number of benzene rings is 2. The van der Waals surface area contributed by atoms with Crippen molar-refractivity contribution in [2.24, 2.45) is 11.8 Å². The lowest BCUT2D eigenvalue weighted by Gasteiger charge is -2.46. The molecular weight excluding hydrogens is 628 g/mol. The average Bonchev–Trinajstić information content (AvgIpc) is 3.29. The largest absolute Gasteiger partial charge is 0.0688 e. The highest BCUT2D eigenvalue weighted by molar-refractivity contribution is 7.74. The van der Waals surface area contributed by atoms with E-state index in [1.54, 1.807) is 0 Å². The van der Waals surface area contributed by atoms with Gasteiger partial charge in [-0.25, -0.2) is 0 Å². The zero-order valence-electron chi connectivity index (χ0n) is 30.7. The Kier molecular flexibility index (Phi) is 12.5. The molecular formula is C42H66P4. The highest BCUT2D eigenvalue weighted by atomic mass is 31.1. The minimum absolute atomic E-state index is 0.0478. The van der Waals surface area contributed by atoms with Crippen LogP contribution in [0.1, 0.15) is 132 Å². The Morgan fingerprint density at radius 2 is 0.761 bits per heavy atom. The molecule has 0 bridgehead atoms. The molecule has 0 saturated carbocycles. The lowest BCUT2D eigenvalue weighted by atomic mass is 9.79. The Hall–Kier alpha value is 0.160. The number of hydrogen-bond donors (Lipinski definition) is 0. The van der Waals surface area contributed by atoms with Crippen LogP contribution in [0.3, 0.4) is 0 Å². The van der Waals surface area contributed by atoms with E-state index in [0.717, 1.165) is 57.1 Å². The zero-order valence-corrected chi connectivity index (χ0v) is 34.2. The van der Waals surface area contributed by atoms with Crippen LogP contribution in [-0.4, -0.2) is 45.3 Å². The van der Waals surface area contributed by atoms with Crippen LogP contribution >= 0.6 is 31.7 Å². The van der Waals surface area contributed by atoms with Crippen molar-refractivity contribution in [2.75, 3.05) is 0 Å². The zero-order chi connectivity index (χ0) is 32.5. The molecule has 0 radical (unpaired) electrons. The van der Waals surface area contributed by atoms with Crippen LogP contribution in [0.5, 0.6) is 0 Å². The molecule has 4 aliphatic heterocycles. The number of hydrogen-bond acceptors (Lipinski definition) is 0. The molecule has 4 heterocycles. The Bertz CT molecular complexity index is 1250. The van der Waals surface area contributed by atoms with E-state index in [1.165, 1.54) is 77.0 Å². The van der Waals surface area contributed by atoms with Crippen molar-refractivity contribution in [1.82, 2.24) is 0 Å². The topological polar surface area (TPSA) is 0 Å². The summed E-state index contributed by atoms with van der Waals surface area (Å²) in [6.07, 6.45) is 17.4. The van der Waals surface area contributed by atoms with Gasteiger partial charge in [0.15, 0.2) is 0 Å². The van der Waals surface area contributed by atoms with Gasteiger partial charge in [0, 0.05) is 0 Å². The molecule has 0 spiro atoms. The first-order valence-electron chi connectivity index (χ1n) is 19.5. The molecule has 2 aromatic carbocycles. The predicted molar refractivity (Wildman–Crippen MR) is 217 cm³/mol. The molecule has 4 aliphatic rings. The minimum atomic E-state index is -0.134. The van der Waals surface area contributed by atoms with Crippen molar-refractivity contribution in [3.63, 3.8) is 0 Å². The molecule has 0 aromatic heterocycles. The number of rotatable bonds is 5. The van der Waals surface area contributed by atoms with Crippen LogP contribution in [-0.2, 0) is 0 Å². The summed E-state index contributed by atoms with van der Waals surface area (Å²) in [6.45, 7) is 21.1. The summed E-state index contributed by atoms with van der Waals surface area (Å²) >= 11 is 0. The highest BCUT2D eigenvalue weighted by Crippen LogP contribution is 2.62. The average molecular weight is 695 g/mol. The van der Waals surface area contributed by atoms with E-state index in [-0.39, 0.29) is 31.7 Å².